The average molecular weight is 735 g/mol. The van der Waals surface area contributed by atoms with Crippen LogP contribution in [0, 0.1) is 0 Å². The maximum absolute atomic E-state index is 13.6. The first-order valence-electron chi connectivity index (χ1n) is 9.02. The normalized spacial score (nSPS) is 17.3. The molecule has 266 valence electrons. The first kappa shape index (κ1) is 41.9. The van der Waals surface area contributed by atoms with Gasteiger partial charge in [-0.2, -0.15) is 127 Å². The highest BCUT2D eigenvalue weighted by molar-refractivity contribution is 5.20. The summed E-state index contributed by atoms with van der Waals surface area (Å²) in [5, 5.41) is 0. The molecule has 0 saturated heterocycles. The molecule has 44 heavy (non-hydrogen) atoms. The van der Waals surface area contributed by atoms with Gasteiger partial charge in [-0.05, 0) is 0 Å². The van der Waals surface area contributed by atoms with E-state index in [1.165, 1.54) is 0 Å². The third-order valence-electron chi connectivity index (χ3n) is 5.11. The fraction of sp³-hybridized carbons (Fsp3) is 1.00. The molecular formula is C14H2F29N. The van der Waals surface area contributed by atoms with E-state index < -0.39 is 83.3 Å². The first-order chi connectivity index (χ1) is 18.2. The van der Waals surface area contributed by atoms with Gasteiger partial charge in [0.25, 0.3) is 0 Å². The summed E-state index contributed by atoms with van der Waals surface area (Å²) < 4.78 is 380. The van der Waals surface area contributed by atoms with Crippen molar-refractivity contribution in [1.82, 2.24) is 0 Å². The predicted octanol–water partition coefficient (Wildman–Crippen LogP) is 8.72. The smallest absolute Gasteiger partial charge is 0.267 e. The maximum Gasteiger partial charge on any atom is 0.460 e. The van der Waals surface area contributed by atoms with Gasteiger partial charge in [0.2, 0.25) is 0 Å². The molecule has 1 nitrogen and oxygen atoms in total. The van der Waals surface area contributed by atoms with Crippen molar-refractivity contribution in [3.8, 4) is 0 Å². The lowest BCUT2D eigenvalue weighted by Crippen LogP contribution is -2.79. The molecule has 0 fully saturated rings. The van der Waals surface area contributed by atoms with E-state index in [2.05, 4.69) is 5.73 Å². The van der Waals surface area contributed by atoms with Crippen LogP contribution in [0.15, 0.2) is 0 Å². The van der Waals surface area contributed by atoms with Gasteiger partial charge >= 0.3 is 83.3 Å². The predicted molar refractivity (Wildman–Crippen MR) is 74.6 cm³/mol. The topological polar surface area (TPSA) is 26.0 Å². The van der Waals surface area contributed by atoms with Crippen LogP contribution >= 0.6 is 0 Å². The van der Waals surface area contributed by atoms with Gasteiger partial charge < -0.3 is 0 Å². The fourth-order valence-electron chi connectivity index (χ4n) is 2.36. The number of hydrogen-bond acceptors (Lipinski definition) is 1. The van der Waals surface area contributed by atoms with E-state index >= 15 is 0 Å². The number of halogens is 29. The molecule has 0 saturated carbocycles. The molecule has 0 atom stereocenters. The monoisotopic (exact) mass is 735 g/mol. The molecule has 0 aliphatic heterocycles. The van der Waals surface area contributed by atoms with Crippen LogP contribution in [0.4, 0.5) is 127 Å². The van der Waals surface area contributed by atoms with Crippen molar-refractivity contribution in [3.05, 3.63) is 0 Å². The highest BCUT2D eigenvalue weighted by atomic mass is 19.4. The van der Waals surface area contributed by atoms with Crippen molar-refractivity contribution in [2.45, 2.75) is 83.3 Å². The van der Waals surface area contributed by atoms with E-state index in [1.807, 2.05) is 0 Å². The van der Waals surface area contributed by atoms with E-state index in [0.717, 1.165) is 0 Å². The first-order valence-corrected chi connectivity index (χ1v) is 9.02. The van der Waals surface area contributed by atoms with Crippen molar-refractivity contribution in [1.29, 1.82) is 0 Å². The van der Waals surface area contributed by atoms with E-state index in [0.29, 0.717) is 0 Å². The van der Waals surface area contributed by atoms with Gasteiger partial charge in [0.05, 0.1) is 0 Å². The van der Waals surface area contributed by atoms with Gasteiger partial charge in [-0.1, -0.05) is 0 Å². The summed E-state index contributed by atoms with van der Waals surface area (Å²) in [6.07, 6.45) is -8.29. The Morgan fingerprint density at radius 1 is 0.182 bits per heavy atom. The van der Waals surface area contributed by atoms with Crippen molar-refractivity contribution in [2.75, 3.05) is 0 Å². The van der Waals surface area contributed by atoms with E-state index in [1.54, 1.807) is 0 Å². The zero-order chi connectivity index (χ0) is 37.0. The molecule has 0 radical (unpaired) electrons. The molecule has 0 rings (SSSR count). The van der Waals surface area contributed by atoms with Crippen LogP contribution in [0.3, 0.4) is 0 Å². The number of nitrogens with two attached hydrogens (primary N) is 1. The maximum atomic E-state index is 13.6. The number of hydrogen-bond donors (Lipinski definition) is 1. The second-order valence-electron chi connectivity index (χ2n) is 8.01. The minimum atomic E-state index is -9.92. The standard InChI is InChI=1S/C14H2F29N/c15-1(16,3(19,20)5(23,24)7(27,28)9(31,32)11(35,36)13(39,40)41)2(17,18)4(21,22)6(25,26)8(29,30)10(33,34)12(37,38)14(42,43)44/h44H2. The van der Waals surface area contributed by atoms with Crippen LogP contribution in [0.2, 0.25) is 0 Å². The van der Waals surface area contributed by atoms with Gasteiger partial charge in [0.1, 0.15) is 0 Å². The molecule has 0 heterocycles. The van der Waals surface area contributed by atoms with Crippen LogP contribution in [0.25, 0.3) is 0 Å². The Morgan fingerprint density at radius 2 is 0.295 bits per heavy atom. The lowest BCUT2D eigenvalue weighted by molar-refractivity contribution is -0.487. The lowest BCUT2D eigenvalue weighted by Gasteiger charge is -2.46. The minimum Gasteiger partial charge on any atom is -0.267 e. The van der Waals surface area contributed by atoms with Gasteiger partial charge in [-0.25, -0.2) is 0 Å². The Kier molecular flexibility index (Phi) is 9.26. The van der Waals surface area contributed by atoms with Crippen LogP contribution in [0.5, 0.6) is 0 Å². The summed E-state index contributed by atoms with van der Waals surface area (Å²) >= 11 is 0. The van der Waals surface area contributed by atoms with Crippen molar-refractivity contribution >= 4 is 0 Å². The molecule has 30 heteroatoms. The van der Waals surface area contributed by atoms with Crippen LogP contribution in [-0.4, -0.2) is 83.3 Å². The quantitative estimate of drug-likeness (QED) is 0.158. The van der Waals surface area contributed by atoms with E-state index in [4.69, 9.17) is 0 Å². The highest BCUT2D eigenvalue weighted by Crippen LogP contribution is 2.68. The van der Waals surface area contributed by atoms with E-state index in [-0.39, 0.29) is 0 Å². The second kappa shape index (κ2) is 9.72. The summed E-state index contributed by atoms with van der Waals surface area (Å²) in [4.78, 5) is 0. The van der Waals surface area contributed by atoms with Gasteiger partial charge in [0, 0.05) is 0 Å². The van der Waals surface area contributed by atoms with Crippen LogP contribution in [-0.2, 0) is 0 Å². The van der Waals surface area contributed by atoms with Crippen molar-refractivity contribution < 1.29 is 127 Å². The Hall–Kier alpha value is -2.07. The summed E-state index contributed by atoms with van der Waals surface area (Å²) in [7, 11) is 0. The Labute approximate surface area is 218 Å². The van der Waals surface area contributed by atoms with Crippen LogP contribution < -0.4 is 5.73 Å². The zero-order valence-corrected chi connectivity index (χ0v) is 18.5. The Bertz CT molecular complexity index is 969. The van der Waals surface area contributed by atoms with Gasteiger partial charge in [0.15, 0.2) is 0 Å². The van der Waals surface area contributed by atoms with Crippen molar-refractivity contribution in [2.24, 2.45) is 5.73 Å². The van der Waals surface area contributed by atoms with E-state index in [9.17, 15) is 127 Å². The number of rotatable bonds is 12. The molecule has 0 aliphatic rings. The zero-order valence-electron chi connectivity index (χ0n) is 18.5. The summed E-state index contributed by atoms with van der Waals surface area (Å²) in [5.74, 6) is -113. The third-order valence-corrected chi connectivity index (χ3v) is 5.11. The largest absolute Gasteiger partial charge is 0.460 e. The summed E-state index contributed by atoms with van der Waals surface area (Å²) in [6.45, 7) is 0. The molecule has 0 amide bonds. The van der Waals surface area contributed by atoms with Crippen molar-refractivity contribution in [3.63, 3.8) is 0 Å². The van der Waals surface area contributed by atoms with Crippen LogP contribution in [0.1, 0.15) is 0 Å². The highest BCUT2D eigenvalue weighted by Gasteiger charge is 3.00. The molecule has 0 unspecified atom stereocenters. The molecule has 0 aromatic rings. The lowest BCUT2D eigenvalue weighted by atomic mass is 9.84. The molecule has 0 spiro atoms. The minimum absolute atomic E-state index is 2.91. The number of alkyl halides is 29. The third kappa shape index (κ3) is 4.58. The molecule has 0 aliphatic carbocycles. The molecular weight excluding hydrogens is 733 g/mol. The Morgan fingerprint density at radius 3 is 0.409 bits per heavy atom. The molecule has 2 N–H and O–H groups in total. The summed E-state index contributed by atoms with van der Waals surface area (Å²) in [6, 6.07) is -7.30. The Balaban J connectivity index is 7.52. The fourth-order valence-corrected chi connectivity index (χ4v) is 2.36. The second-order valence-corrected chi connectivity index (χ2v) is 8.01. The molecule has 0 bridgehead atoms. The van der Waals surface area contributed by atoms with Gasteiger partial charge in [-0.15, -0.1) is 0 Å². The average Bonchev–Trinajstić information content (AvgIpc) is 2.75. The summed E-state index contributed by atoms with van der Waals surface area (Å²) in [5.41, 5.74) is 2.91. The van der Waals surface area contributed by atoms with Gasteiger partial charge in [-0.3, -0.25) is 5.73 Å². The molecule has 0 aromatic heterocycles. The SMILES string of the molecule is NC(F)(F)C(F)(F)C(F)(F)C(F)(F)C(F)(F)C(F)(F)C(F)(F)C(F)(F)C(F)(F)C(F)(F)C(F)(F)C(F)(F)C(F)(F)C(F)(F)F. The molecule has 0 aromatic carbocycles.